The Morgan fingerprint density at radius 1 is 1.25 bits per heavy atom. The van der Waals surface area contributed by atoms with Gasteiger partial charge in [0.2, 0.25) is 0 Å². The first-order valence-electron chi connectivity index (χ1n) is 6.52. The molecule has 0 radical (unpaired) electrons. The summed E-state index contributed by atoms with van der Waals surface area (Å²) >= 11 is 11.1. The van der Waals surface area contributed by atoms with Crippen molar-refractivity contribution in [2.75, 3.05) is 5.32 Å². The van der Waals surface area contributed by atoms with Crippen LogP contribution in [0, 0.1) is 0 Å². The first kappa shape index (κ1) is 14.8. The van der Waals surface area contributed by atoms with E-state index in [-0.39, 0.29) is 6.04 Å². The molecule has 2 aromatic carbocycles. The highest BCUT2D eigenvalue weighted by Crippen LogP contribution is 2.27. The largest absolute Gasteiger partial charge is 0.389 e. The van der Waals surface area contributed by atoms with Crippen LogP contribution in [-0.4, -0.2) is 4.99 Å². The minimum absolute atomic E-state index is 0.213. The van der Waals surface area contributed by atoms with E-state index < -0.39 is 0 Å². The summed E-state index contributed by atoms with van der Waals surface area (Å²) in [5.41, 5.74) is 8.70. The molecule has 0 aromatic heterocycles. The van der Waals surface area contributed by atoms with Gasteiger partial charge in [0.25, 0.3) is 0 Å². The summed E-state index contributed by atoms with van der Waals surface area (Å²) in [7, 11) is 0. The van der Waals surface area contributed by atoms with E-state index in [1.54, 1.807) is 6.07 Å². The average molecular weight is 305 g/mol. The van der Waals surface area contributed by atoms with Crippen LogP contribution in [0.25, 0.3) is 0 Å². The molecule has 3 N–H and O–H groups in total. The SMILES string of the molecule is CCC(Nc1ccc(Cl)cc1C(N)=S)c1ccccc1. The Bertz CT molecular complexity index is 599. The fourth-order valence-electron chi connectivity index (χ4n) is 2.14. The van der Waals surface area contributed by atoms with E-state index in [0.717, 1.165) is 17.7 Å². The highest BCUT2D eigenvalue weighted by molar-refractivity contribution is 7.80. The summed E-state index contributed by atoms with van der Waals surface area (Å²) in [5.74, 6) is 0. The first-order chi connectivity index (χ1) is 9.61. The molecule has 1 unspecified atom stereocenters. The van der Waals surface area contributed by atoms with Crippen LogP contribution in [0.2, 0.25) is 5.02 Å². The van der Waals surface area contributed by atoms with Crippen LogP contribution in [0.4, 0.5) is 5.69 Å². The molecular weight excluding hydrogens is 288 g/mol. The zero-order chi connectivity index (χ0) is 14.5. The van der Waals surface area contributed by atoms with Gasteiger partial charge in [-0.25, -0.2) is 0 Å². The van der Waals surface area contributed by atoms with Crippen LogP contribution < -0.4 is 11.1 Å². The van der Waals surface area contributed by atoms with E-state index in [1.165, 1.54) is 5.56 Å². The lowest BCUT2D eigenvalue weighted by atomic mass is 10.0. The molecule has 20 heavy (non-hydrogen) atoms. The quantitative estimate of drug-likeness (QED) is 0.797. The Labute approximate surface area is 130 Å². The number of rotatable bonds is 5. The van der Waals surface area contributed by atoms with E-state index in [2.05, 4.69) is 24.4 Å². The summed E-state index contributed by atoms with van der Waals surface area (Å²) in [6.45, 7) is 2.14. The fraction of sp³-hybridized carbons (Fsp3) is 0.188. The predicted octanol–water partition coefficient (Wildman–Crippen LogP) is 4.54. The van der Waals surface area contributed by atoms with Gasteiger partial charge < -0.3 is 11.1 Å². The van der Waals surface area contributed by atoms with Gasteiger partial charge in [-0.2, -0.15) is 0 Å². The maximum Gasteiger partial charge on any atom is 0.106 e. The molecule has 0 spiro atoms. The minimum atomic E-state index is 0.213. The van der Waals surface area contributed by atoms with E-state index in [9.17, 15) is 0 Å². The number of hydrogen-bond acceptors (Lipinski definition) is 2. The second kappa shape index (κ2) is 6.73. The van der Waals surface area contributed by atoms with Crippen molar-refractivity contribution in [1.82, 2.24) is 0 Å². The number of anilines is 1. The van der Waals surface area contributed by atoms with Crippen molar-refractivity contribution >= 4 is 34.5 Å². The van der Waals surface area contributed by atoms with Gasteiger partial charge in [0.05, 0.1) is 6.04 Å². The van der Waals surface area contributed by atoms with Crippen LogP contribution in [0.1, 0.15) is 30.5 Å². The Morgan fingerprint density at radius 2 is 1.95 bits per heavy atom. The maximum atomic E-state index is 6.01. The Kier molecular flexibility index (Phi) is 4.99. The minimum Gasteiger partial charge on any atom is -0.389 e. The molecule has 2 nitrogen and oxygen atoms in total. The fourth-order valence-corrected chi connectivity index (χ4v) is 2.48. The van der Waals surface area contributed by atoms with Crippen molar-refractivity contribution < 1.29 is 0 Å². The van der Waals surface area contributed by atoms with Crippen LogP contribution >= 0.6 is 23.8 Å². The highest BCUT2D eigenvalue weighted by Gasteiger charge is 2.12. The molecule has 0 aliphatic rings. The van der Waals surface area contributed by atoms with Gasteiger partial charge >= 0.3 is 0 Å². The Morgan fingerprint density at radius 3 is 2.55 bits per heavy atom. The van der Waals surface area contributed by atoms with Crippen molar-refractivity contribution in [3.05, 3.63) is 64.7 Å². The van der Waals surface area contributed by atoms with Crippen LogP contribution in [0.15, 0.2) is 48.5 Å². The van der Waals surface area contributed by atoms with E-state index in [0.29, 0.717) is 10.0 Å². The van der Waals surface area contributed by atoms with Crippen molar-refractivity contribution in [2.24, 2.45) is 5.73 Å². The Hall–Kier alpha value is -1.58. The Balaban J connectivity index is 2.31. The second-order valence-electron chi connectivity index (χ2n) is 4.57. The molecule has 2 aromatic rings. The molecule has 0 heterocycles. The molecule has 0 saturated heterocycles. The molecule has 0 amide bonds. The second-order valence-corrected chi connectivity index (χ2v) is 5.45. The lowest BCUT2D eigenvalue weighted by Crippen LogP contribution is -2.16. The van der Waals surface area contributed by atoms with E-state index >= 15 is 0 Å². The van der Waals surface area contributed by atoms with Gasteiger partial charge in [0.1, 0.15) is 4.99 Å². The standard InChI is InChI=1S/C16H17ClN2S/c1-2-14(11-6-4-3-5-7-11)19-15-9-8-12(17)10-13(15)16(18)20/h3-10,14,19H,2H2,1H3,(H2,18,20). The van der Waals surface area contributed by atoms with Gasteiger partial charge in [-0.15, -0.1) is 0 Å². The number of benzene rings is 2. The molecule has 2 rings (SSSR count). The third-order valence-corrected chi connectivity index (χ3v) is 3.64. The zero-order valence-corrected chi connectivity index (χ0v) is 12.8. The average Bonchev–Trinajstić information content (AvgIpc) is 2.46. The van der Waals surface area contributed by atoms with Gasteiger partial charge in [-0.3, -0.25) is 0 Å². The number of halogens is 1. The maximum absolute atomic E-state index is 6.01. The smallest absolute Gasteiger partial charge is 0.106 e. The zero-order valence-electron chi connectivity index (χ0n) is 11.3. The van der Waals surface area contributed by atoms with E-state index in [1.807, 2.05) is 30.3 Å². The predicted molar refractivity (Wildman–Crippen MR) is 90.4 cm³/mol. The number of nitrogens with one attached hydrogen (secondary N) is 1. The highest BCUT2D eigenvalue weighted by atomic mass is 35.5. The lowest BCUT2D eigenvalue weighted by Gasteiger charge is -2.21. The van der Waals surface area contributed by atoms with Crippen LogP contribution in [0.5, 0.6) is 0 Å². The van der Waals surface area contributed by atoms with Gasteiger partial charge in [-0.05, 0) is 30.2 Å². The van der Waals surface area contributed by atoms with E-state index in [4.69, 9.17) is 29.6 Å². The van der Waals surface area contributed by atoms with Gasteiger partial charge in [0.15, 0.2) is 0 Å². The topological polar surface area (TPSA) is 38.0 Å². The van der Waals surface area contributed by atoms with Crippen molar-refractivity contribution in [2.45, 2.75) is 19.4 Å². The first-order valence-corrected chi connectivity index (χ1v) is 7.31. The normalized spacial score (nSPS) is 11.9. The summed E-state index contributed by atoms with van der Waals surface area (Å²) in [6, 6.07) is 16.1. The van der Waals surface area contributed by atoms with Crippen molar-refractivity contribution in [1.29, 1.82) is 0 Å². The van der Waals surface area contributed by atoms with Crippen molar-refractivity contribution in [3.63, 3.8) is 0 Å². The van der Waals surface area contributed by atoms with Gasteiger partial charge in [-0.1, -0.05) is 61.1 Å². The third kappa shape index (κ3) is 3.50. The summed E-state index contributed by atoms with van der Waals surface area (Å²) in [5, 5.41) is 4.13. The number of thiocarbonyl (C=S) groups is 1. The summed E-state index contributed by atoms with van der Waals surface area (Å²) < 4.78 is 0. The number of nitrogens with two attached hydrogens (primary N) is 1. The van der Waals surface area contributed by atoms with Crippen LogP contribution in [0.3, 0.4) is 0 Å². The monoisotopic (exact) mass is 304 g/mol. The molecular formula is C16H17ClN2S. The van der Waals surface area contributed by atoms with Gasteiger partial charge in [0, 0.05) is 16.3 Å². The molecule has 0 saturated carbocycles. The molecule has 1 atom stereocenters. The van der Waals surface area contributed by atoms with Crippen LogP contribution in [-0.2, 0) is 0 Å². The molecule has 0 aliphatic carbocycles. The summed E-state index contributed by atoms with van der Waals surface area (Å²) in [6.07, 6.45) is 0.962. The molecule has 0 fully saturated rings. The molecule has 0 aliphatic heterocycles. The van der Waals surface area contributed by atoms with Crippen molar-refractivity contribution in [3.8, 4) is 0 Å². The molecule has 104 valence electrons. The number of hydrogen-bond donors (Lipinski definition) is 2. The third-order valence-electron chi connectivity index (χ3n) is 3.19. The lowest BCUT2D eigenvalue weighted by molar-refractivity contribution is 0.749. The molecule has 0 bridgehead atoms. The summed E-state index contributed by atoms with van der Waals surface area (Å²) in [4.78, 5) is 0.345. The molecule has 4 heteroatoms.